The van der Waals surface area contributed by atoms with E-state index in [-0.39, 0.29) is 5.97 Å². The van der Waals surface area contributed by atoms with Gasteiger partial charge < -0.3 is 4.74 Å². The largest absolute Gasteiger partial charge is 0.469 e. The molecule has 0 fully saturated rings. The van der Waals surface area contributed by atoms with Crippen LogP contribution in [0.25, 0.3) is 0 Å². The molecule has 0 atom stereocenters. The standard InChI is InChI=1S/C17H18N2O2S.C6H14/c1-18-15-9-8-14(19-13-6-4-3-5-7-13)12-16(15)22-11-10-17(20)21-2;1-4-5-6(2)3/h3-9,12H,10-11H2,1-2H3;6H,4-5H2,1-3H3. The lowest BCUT2D eigenvalue weighted by Gasteiger charge is -2.11. The SMILES string of the molecule is CCCC(C)C.CN=C1C=CC(=Nc2ccccc2)C=C1SCCC(=O)OC. The highest BCUT2D eigenvalue weighted by atomic mass is 32.2. The minimum Gasteiger partial charge on any atom is -0.469 e. The normalized spacial score (nSPS) is 16.0. The van der Waals surface area contributed by atoms with Crippen LogP contribution in [-0.4, -0.2) is 37.3 Å². The Morgan fingerprint density at radius 1 is 1.18 bits per heavy atom. The molecular weight excluding hydrogens is 368 g/mol. The number of methoxy groups -OCH3 is 1. The highest BCUT2D eigenvalue weighted by molar-refractivity contribution is 8.04. The van der Waals surface area contributed by atoms with Crippen molar-refractivity contribution >= 4 is 34.8 Å². The van der Waals surface area contributed by atoms with Crippen molar-refractivity contribution in [3.05, 3.63) is 53.5 Å². The van der Waals surface area contributed by atoms with Crippen LogP contribution < -0.4 is 0 Å². The third-order valence-corrected chi connectivity index (χ3v) is 4.90. The van der Waals surface area contributed by atoms with E-state index in [2.05, 4.69) is 35.5 Å². The summed E-state index contributed by atoms with van der Waals surface area (Å²) >= 11 is 1.59. The van der Waals surface area contributed by atoms with Crippen LogP contribution in [0.4, 0.5) is 5.69 Å². The first-order valence-corrected chi connectivity index (χ1v) is 10.7. The van der Waals surface area contributed by atoms with Gasteiger partial charge in [-0.05, 0) is 36.3 Å². The van der Waals surface area contributed by atoms with E-state index in [1.807, 2.05) is 48.6 Å². The molecule has 1 aromatic carbocycles. The van der Waals surface area contributed by atoms with Crippen LogP contribution in [0.1, 0.15) is 40.0 Å². The minimum absolute atomic E-state index is 0.201. The summed E-state index contributed by atoms with van der Waals surface area (Å²) in [5.41, 5.74) is 2.69. The van der Waals surface area contributed by atoms with Crippen molar-refractivity contribution in [2.75, 3.05) is 19.9 Å². The highest BCUT2D eigenvalue weighted by Gasteiger charge is 2.12. The lowest BCUT2D eigenvalue weighted by molar-refractivity contribution is -0.140. The third-order valence-electron chi connectivity index (χ3n) is 3.86. The van der Waals surface area contributed by atoms with Crippen LogP contribution in [0.2, 0.25) is 0 Å². The molecule has 1 aliphatic rings. The Labute approximate surface area is 173 Å². The Morgan fingerprint density at radius 2 is 1.89 bits per heavy atom. The maximum atomic E-state index is 11.2. The van der Waals surface area contributed by atoms with E-state index in [0.717, 1.165) is 27.9 Å². The number of aliphatic imine (C=N–C) groups is 2. The van der Waals surface area contributed by atoms with Gasteiger partial charge in [0.15, 0.2) is 0 Å². The first-order chi connectivity index (χ1) is 13.5. The number of nitrogens with zero attached hydrogens (tertiary/aromatic N) is 2. The predicted molar refractivity (Wildman–Crippen MR) is 123 cm³/mol. The molecule has 5 heteroatoms. The molecule has 4 nitrogen and oxygen atoms in total. The number of carbonyl (C=O) groups excluding carboxylic acids is 1. The van der Waals surface area contributed by atoms with Crippen molar-refractivity contribution in [2.45, 2.75) is 40.0 Å². The van der Waals surface area contributed by atoms with E-state index >= 15 is 0 Å². The van der Waals surface area contributed by atoms with Gasteiger partial charge in [-0.25, -0.2) is 4.99 Å². The van der Waals surface area contributed by atoms with Crippen LogP contribution in [0.15, 0.2) is 63.4 Å². The van der Waals surface area contributed by atoms with Crippen molar-refractivity contribution in [3.8, 4) is 0 Å². The van der Waals surface area contributed by atoms with E-state index in [9.17, 15) is 4.79 Å². The van der Waals surface area contributed by atoms with Crippen LogP contribution in [0.5, 0.6) is 0 Å². The molecule has 0 unspecified atom stereocenters. The number of esters is 1. The van der Waals surface area contributed by atoms with Gasteiger partial charge in [-0.3, -0.25) is 9.79 Å². The Morgan fingerprint density at radius 3 is 2.43 bits per heavy atom. The van der Waals surface area contributed by atoms with Crippen LogP contribution in [0, 0.1) is 5.92 Å². The second-order valence-corrected chi connectivity index (χ2v) is 7.82. The average molecular weight is 401 g/mol. The molecule has 0 saturated heterocycles. The van der Waals surface area contributed by atoms with Crippen molar-refractivity contribution in [1.29, 1.82) is 0 Å². The summed E-state index contributed by atoms with van der Waals surface area (Å²) in [5, 5.41) is 0. The number of para-hydroxylation sites is 1. The van der Waals surface area contributed by atoms with E-state index in [1.165, 1.54) is 20.0 Å². The molecule has 0 heterocycles. The van der Waals surface area contributed by atoms with Gasteiger partial charge in [-0.15, -0.1) is 11.8 Å². The smallest absolute Gasteiger partial charge is 0.306 e. The highest BCUT2D eigenvalue weighted by Crippen LogP contribution is 2.23. The quantitative estimate of drug-likeness (QED) is 0.415. The number of ether oxygens (including phenoxy) is 1. The second kappa shape index (κ2) is 13.9. The van der Waals surface area contributed by atoms with Crippen molar-refractivity contribution < 1.29 is 9.53 Å². The summed E-state index contributed by atoms with van der Waals surface area (Å²) in [6.45, 7) is 6.73. The number of allylic oxidation sites excluding steroid dienone is 4. The van der Waals surface area contributed by atoms with Gasteiger partial charge in [0, 0.05) is 17.7 Å². The van der Waals surface area contributed by atoms with E-state index < -0.39 is 0 Å². The van der Waals surface area contributed by atoms with E-state index in [0.29, 0.717) is 12.2 Å². The molecule has 28 heavy (non-hydrogen) atoms. The topological polar surface area (TPSA) is 51.0 Å². The van der Waals surface area contributed by atoms with Crippen LogP contribution >= 0.6 is 11.8 Å². The maximum Gasteiger partial charge on any atom is 0.306 e. The molecule has 0 bridgehead atoms. The lowest BCUT2D eigenvalue weighted by Crippen LogP contribution is -2.08. The van der Waals surface area contributed by atoms with Gasteiger partial charge in [-0.2, -0.15) is 0 Å². The zero-order valence-corrected chi connectivity index (χ0v) is 18.5. The zero-order chi connectivity index (χ0) is 20.8. The van der Waals surface area contributed by atoms with Crippen LogP contribution in [-0.2, 0) is 9.53 Å². The summed E-state index contributed by atoms with van der Waals surface area (Å²) in [7, 11) is 3.16. The van der Waals surface area contributed by atoms with Crippen molar-refractivity contribution in [3.63, 3.8) is 0 Å². The van der Waals surface area contributed by atoms with Gasteiger partial charge in [0.05, 0.1) is 30.6 Å². The van der Waals surface area contributed by atoms with E-state index in [4.69, 9.17) is 0 Å². The molecule has 1 aromatic rings. The van der Waals surface area contributed by atoms with Gasteiger partial charge in [-0.1, -0.05) is 51.8 Å². The molecule has 2 rings (SSSR count). The number of rotatable bonds is 7. The Kier molecular flexibility index (Phi) is 11.9. The van der Waals surface area contributed by atoms with Gasteiger partial charge in [0.2, 0.25) is 0 Å². The predicted octanol–water partition coefficient (Wildman–Crippen LogP) is 6.02. The first-order valence-electron chi connectivity index (χ1n) is 9.70. The number of hydrogen-bond donors (Lipinski definition) is 0. The Balaban J connectivity index is 0.000000568. The summed E-state index contributed by atoms with van der Waals surface area (Å²) in [6, 6.07) is 9.80. The van der Waals surface area contributed by atoms with Gasteiger partial charge >= 0.3 is 5.97 Å². The monoisotopic (exact) mass is 400 g/mol. The summed E-state index contributed by atoms with van der Waals surface area (Å²) in [6.07, 6.45) is 8.97. The molecular formula is C23H32N2O2S. The molecule has 0 spiro atoms. The Bertz CT molecular complexity index is 719. The zero-order valence-electron chi connectivity index (χ0n) is 17.6. The lowest BCUT2D eigenvalue weighted by atomic mass is 10.1. The molecule has 0 aliphatic heterocycles. The summed E-state index contributed by atoms with van der Waals surface area (Å²) < 4.78 is 4.65. The van der Waals surface area contributed by atoms with Crippen LogP contribution in [0.3, 0.4) is 0 Å². The van der Waals surface area contributed by atoms with E-state index in [1.54, 1.807) is 18.8 Å². The summed E-state index contributed by atoms with van der Waals surface area (Å²) in [4.78, 5) is 21.1. The second-order valence-electron chi connectivity index (χ2n) is 6.68. The molecule has 0 saturated carbocycles. The molecule has 1 aliphatic carbocycles. The fourth-order valence-corrected chi connectivity index (χ4v) is 3.45. The third kappa shape index (κ3) is 9.70. The molecule has 0 amide bonds. The molecule has 0 radical (unpaired) electrons. The van der Waals surface area contributed by atoms with Gasteiger partial charge in [0.25, 0.3) is 0 Å². The number of hydrogen-bond acceptors (Lipinski definition) is 5. The summed E-state index contributed by atoms with van der Waals surface area (Å²) in [5.74, 6) is 1.35. The molecule has 0 N–H and O–H groups in total. The first kappa shape index (κ1) is 23.9. The minimum atomic E-state index is -0.201. The number of carbonyl (C=O) groups is 1. The maximum absolute atomic E-state index is 11.2. The van der Waals surface area contributed by atoms with Crippen molar-refractivity contribution in [2.24, 2.45) is 15.9 Å². The van der Waals surface area contributed by atoms with Crippen molar-refractivity contribution in [1.82, 2.24) is 0 Å². The fraction of sp³-hybridized carbons (Fsp3) is 0.435. The average Bonchev–Trinajstić information content (AvgIpc) is 2.69. The number of thioether (sulfide) groups is 1. The van der Waals surface area contributed by atoms with Gasteiger partial charge in [0.1, 0.15) is 0 Å². The molecule has 0 aromatic heterocycles. The number of benzene rings is 1. The molecule has 152 valence electrons. The Hall–Kier alpha value is -2.14. The fourth-order valence-electron chi connectivity index (χ4n) is 2.45.